The first-order chi connectivity index (χ1) is 8.52. The highest BCUT2D eigenvalue weighted by molar-refractivity contribution is 5.33. The van der Waals surface area contributed by atoms with Crippen molar-refractivity contribution in [3.05, 3.63) is 47.0 Å². The van der Waals surface area contributed by atoms with Gasteiger partial charge in [-0.1, -0.05) is 6.07 Å². The van der Waals surface area contributed by atoms with Crippen LogP contribution in [0.3, 0.4) is 0 Å². The van der Waals surface area contributed by atoms with Crippen LogP contribution in [0.1, 0.15) is 23.1 Å². The molecule has 0 aliphatic carbocycles. The molecule has 2 rings (SSSR count). The Labute approximate surface area is 105 Å². The Bertz CT molecular complexity index is 566. The number of benzene rings is 1. The average Bonchev–Trinajstić information content (AvgIpc) is 2.67. The molecule has 1 unspecified atom stereocenters. The monoisotopic (exact) mass is 250 g/mol. The molecule has 18 heavy (non-hydrogen) atoms. The van der Waals surface area contributed by atoms with Gasteiger partial charge in [0.25, 0.3) is 0 Å². The van der Waals surface area contributed by atoms with Gasteiger partial charge in [0, 0.05) is 7.05 Å². The smallest absolute Gasteiger partial charge is 0.165 e. The van der Waals surface area contributed by atoms with Gasteiger partial charge in [0.05, 0.1) is 18.5 Å². The third-order valence-corrected chi connectivity index (χ3v) is 2.81. The summed E-state index contributed by atoms with van der Waals surface area (Å²) in [6, 6.07) is 6.17. The van der Waals surface area contributed by atoms with Crippen molar-refractivity contribution in [3.63, 3.8) is 0 Å². The third kappa shape index (κ3) is 2.22. The minimum Gasteiger partial charge on any atom is -0.494 e. The molecule has 1 aromatic heterocycles. The predicted molar refractivity (Wildman–Crippen MR) is 65.0 cm³/mol. The highest BCUT2D eigenvalue weighted by atomic mass is 19.1. The van der Waals surface area contributed by atoms with Gasteiger partial charge in [-0.15, -0.1) is 0 Å². The normalized spacial score (nSPS) is 12.5. The Hall–Kier alpha value is -1.88. The highest BCUT2D eigenvalue weighted by Crippen LogP contribution is 2.26. The molecule has 5 heteroatoms. The summed E-state index contributed by atoms with van der Waals surface area (Å²) in [5.74, 6) is -0.333. The number of hydrogen-bond donors (Lipinski definition) is 1. The number of aromatic nitrogens is 2. The maximum atomic E-state index is 13.6. The second-order valence-electron chi connectivity index (χ2n) is 4.13. The van der Waals surface area contributed by atoms with Crippen LogP contribution in [0, 0.1) is 12.7 Å². The Morgan fingerprint density at radius 2 is 2.11 bits per heavy atom. The predicted octanol–water partition coefficient (Wildman–Crippen LogP) is 1.96. The maximum Gasteiger partial charge on any atom is 0.165 e. The van der Waals surface area contributed by atoms with Crippen LogP contribution in [-0.2, 0) is 7.05 Å². The van der Waals surface area contributed by atoms with Gasteiger partial charge in [0.2, 0.25) is 0 Å². The van der Waals surface area contributed by atoms with Gasteiger partial charge in [0.1, 0.15) is 6.10 Å². The Kier molecular flexibility index (Phi) is 3.34. The van der Waals surface area contributed by atoms with Crippen molar-refractivity contribution < 1.29 is 14.2 Å². The summed E-state index contributed by atoms with van der Waals surface area (Å²) in [6.07, 6.45) is -0.906. The molecule has 0 aliphatic heterocycles. The number of halogens is 1. The number of methoxy groups -OCH3 is 1. The lowest BCUT2D eigenvalue weighted by Gasteiger charge is -2.12. The molecule has 2 aromatic rings. The fourth-order valence-electron chi connectivity index (χ4n) is 1.91. The number of nitrogens with zero attached hydrogens (tertiary/aromatic N) is 2. The van der Waals surface area contributed by atoms with E-state index in [0.29, 0.717) is 11.3 Å². The zero-order chi connectivity index (χ0) is 13.3. The maximum absolute atomic E-state index is 13.6. The van der Waals surface area contributed by atoms with Gasteiger partial charge in [0.15, 0.2) is 11.6 Å². The number of ether oxygens (including phenoxy) is 1. The van der Waals surface area contributed by atoms with Gasteiger partial charge in [-0.3, -0.25) is 4.68 Å². The average molecular weight is 250 g/mol. The summed E-state index contributed by atoms with van der Waals surface area (Å²) in [7, 11) is 3.14. The molecule has 4 nitrogen and oxygen atoms in total. The Morgan fingerprint density at radius 1 is 1.39 bits per heavy atom. The van der Waals surface area contributed by atoms with E-state index in [1.165, 1.54) is 19.2 Å². The van der Waals surface area contributed by atoms with Crippen molar-refractivity contribution in [1.82, 2.24) is 9.78 Å². The molecule has 0 amide bonds. The molecule has 1 aromatic carbocycles. The van der Waals surface area contributed by atoms with Crippen LogP contribution >= 0.6 is 0 Å². The first-order valence-corrected chi connectivity index (χ1v) is 5.55. The molecule has 0 spiro atoms. The van der Waals surface area contributed by atoms with E-state index in [-0.39, 0.29) is 5.75 Å². The fourth-order valence-corrected chi connectivity index (χ4v) is 1.91. The van der Waals surface area contributed by atoms with Gasteiger partial charge in [-0.05, 0) is 30.7 Å². The lowest BCUT2D eigenvalue weighted by Crippen LogP contribution is -2.07. The molecule has 0 aliphatic rings. The number of aliphatic hydroxyl groups excluding tert-OH is 1. The van der Waals surface area contributed by atoms with Crippen molar-refractivity contribution in [2.45, 2.75) is 13.0 Å². The first kappa shape index (κ1) is 12.6. The van der Waals surface area contributed by atoms with Crippen LogP contribution in [0.15, 0.2) is 24.3 Å². The molecule has 0 radical (unpaired) electrons. The molecular formula is C13H15FN2O2. The number of rotatable bonds is 3. The summed E-state index contributed by atoms with van der Waals surface area (Å²) in [5.41, 5.74) is 1.90. The zero-order valence-electron chi connectivity index (χ0n) is 10.5. The lowest BCUT2D eigenvalue weighted by atomic mass is 10.1. The minimum absolute atomic E-state index is 0.159. The van der Waals surface area contributed by atoms with Gasteiger partial charge in [-0.25, -0.2) is 4.39 Å². The van der Waals surface area contributed by atoms with E-state index in [1.54, 1.807) is 23.9 Å². The molecule has 1 heterocycles. The van der Waals surface area contributed by atoms with E-state index in [9.17, 15) is 9.50 Å². The highest BCUT2D eigenvalue weighted by Gasteiger charge is 2.17. The van der Waals surface area contributed by atoms with Gasteiger partial charge in [-0.2, -0.15) is 5.10 Å². The van der Waals surface area contributed by atoms with Crippen molar-refractivity contribution in [3.8, 4) is 5.75 Å². The van der Waals surface area contributed by atoms with E-state index in [4.69, 9.17) is 4.74 Å². The molecule has 0 saturated heterocycles. The summed E-state index contributed by atoms with van der Waals surface area (Å²) in [6.45, 7) is 1.84. The molecule has 0 fully saturated rings. The van der Waals surface area contributed by atoms with Crippen LogP contribution in [0.25, 0.3) is 0 Å². The van der Waals surface area contributed by atoms with E-state index in [1.807, 2.05) is 6.92 Å². The molecule has 1 atom stereocenters. The third-order valence-electron chi connectivity index (χ3n) is 2.81. The lowest BCUT2D eigenvalue weighted by molar-refractivity contribution is 0.209. The van der Waals surface area contributed by atoms with Crippen LogP contribution in [-0.4, -0.2) is 22.0 Å². The molecule has 1 N–H and O–H groups in total. The number of hydrogen-bond acceptors (Lipinski definition) is 3. The van der Waals surface area contributed by atoms with Crippen LogP contribution < -0.4 is 4.74 Å². The molecule has 96 valence electrons. The van der Waals surface area contributed by atoms with Crippen LogP contribution in [0.5, 0.6) is 5.75 Å². The summed E-state index contributed by atoms with van der Waals surface area (Å²) >= 11 is 0. The van der Waals surface area contributed by atoms with Crippen LogP contribution in [0.2, 0.25) is 0 Å². The van der Waals surface area contributed by atoms with E-state index in [0.717, 1.165) is 5.69 Å². The quantitative estimate of drug-likeness (QED) is 0.905. The second kappa shape index (κ2) is 4.78. The van der Waals surface area contributed by atoms with Crippen molar-refractivity contribution in [1.29, 1.82) is 0 Å². The first-order valence-electron chi connectivity index (χ1n) is 5.55. The van der Waals surface area contributed by atoms with Crippen molar-refractivity contribution in [2.75, 3.05) is 7.11 Å². The number of aliphatic hydroxyl groups is 1. The van der Waals surface area contributed by atoms with Crippen molar-refractivity contribution >= 4 is 0 Å². The molecular weight excluding hydrogens is 235 g/mol. The van der Waals surface area contributed by atoms with Gasteiger partial charge >= 0.3 is 0 Å². The zero-order valence-corrected chi connectivity index (χ0v) is 10.5. The van der Waals surface area contributed by atoms with Crippen molar-refractivity contribution in [2.24, 2.45) is 7.05 Å². The summed E-state index contributed by atoms with van der Waals surface area (Å²) in [4.78, 5) is 0. The molecule has 0 bridgehead atoms. The summed E-state index contributed by atoms with van der Waals surface area (Å²) < 4.78 is 20.0. The minimum atomic E-state index is -0.906. The standard InChI is InChI=1S/C13H15FN2O2/c1-8-6-11(16(2)15-8)13(17)9-4-5-12(18-3)10(14)7-9/h4-7,13,17H,1-3H3. The molecule has 0 saturated carbocycles. The van der Waals surface area contributed by atoms with E-state index < -0.39 is 11.9 Å². The fraction of sp³-hybridized carbons (Fsp3) is 0.308. The Morgan fingerprint density at radius 3 is 2.61 bits per heavy atom. The SMILES string of the molecule is COc1ccc(C(O)c2cc(C)nn2C)cc1F. The van der Waals surface area contributed by atoms with E-state index in [2.05, 4.69) is 5.10 Å². The second-order valence-corrected chi connectivity index (χ2v) is 4.13. The van der Waals surface area contributed by atoms with E-state index >= 15 is 0 Å². The topological polar surface area (TPSA) is 47.3 Å². The number of aryl methyl sites for hydroxylation is 2. The summed E-state index contributed by atoms with van der Waals surface area (Å²) in [5, 5.41) is 14.4. The van der Waals surface area contributed by atoms with Crippen LogP contribution in [0.4, 0.5) is 4.39 Å². The largest absolute Gasteiger partial charge is 0.494 e. The Balaban J connectivity index is 2.37. The van der Waals surface area contributed by atoms with Gasteiger partial charge < -0.3 is 9.84 Å².